The van der Waals surface area contributed by atoms with Gasteiger partial charge in [-0.05, 0) is 36.1 Å². The van der Waals surface area contributed by atoms with Gasteiger partial charge < -0.3 is 10.1 Å². The second kappa shape index (κ2) is 6.29. The fourth-order valence-electron chi connectivity index (χ4n) is 2.44. The maximum atomic E-state index is 12.1. The SMILES string of the molecule is O=C(CS(=O)(=O)Cc1nnnn1C1CC1)NCC1CCCO1. The summed E-state index contributed by atoms with van der Waals surface area (Å²) in [5, 5.41) is 13.7. The molecule has 0 bridgehead atoms. The minimum absolute atomic E-state index is 0.00572. The van der Waals surface area contributed by atoms with Crippen LogP contribution in [0.4, 0.5) is 0 Å². The van der Waals surface area contributed by atoms with Crippen LogP contribution in [0, 0.1) is 0 Å². The van der Waals surface area contributed by atoms with Crippen molar-refractivity contribution in [3.63, 3.8) is 0 Å². The van der Waals surface area contributed by atoms with Crippen molar-refractivity contribution in [2.24, 2.45) is 0 Å². The number of ether oxygens (including phenoxy) is 1. The van der Waals surface area contributed by atoms with Crippen LogP contribution < -0.4 is 5.32 Å². The molecule has 1 saturated heterocycles. The first-order chi connectivity index (χ1) is 10.5. The van der Waals surface area contributed by atoms with Gasteiger partial charge in [0.05, 0.1) is 12.1 Å². The highest BCUT2D eigenvalue weighted by Gasteiger charge is 2.30. The molecule has 0 aromatic carbocycles. The van der Waals surface area contributed by atoms with Crippen molar-refractivity contribution in [1.29, 1.82) is 0 Å². The molecule has 2 heterocycles. The Bertz CT molecular complexity index is 634. The molecule has 1 aliphatic heterocycles. The molecule has 1 aromatic rings. The van der Waals surface area contributed by atoms with Crippen molar-refractivity contribution in [3.05, 3.63) is 5.82 Å². The lowest BCUT2D eigenvalue weighted by molar-refractivity contribution is -0.119. The van der Waals surface area contributed by atoms with E-state index < -0.39 is 21.5 Å². The van der Waals surface area contributed by atoms with Crippen molar-refractivity contribution in [2.75, 3.05) is 18.9 Å². The van der Waals surface area contributed by atoms with Crippen LogP contribution in [0.2, 0.25) is 0 Å². The van der Waals surface area contributed by atoms with Gasteiger partial charge in [0, 0.05) is 13.2 Å². The van der Waals surface area contributed by atoms with Crippen molar-refractivity contribution < 1.29 is 17.9 Å². The van der Waals surface area contributed by atoms with Gasteiger partial charge in [0.15, 0.2) is 15.7 Å². The highest BCUT2D eigenvalue weighted by atomic mass is 32.2. The summed E-state index contributed by atoms with van der Waals surface area (Å²) in [4.78, 5) is 11.8. The highest BCUT2D eigenvalue weighted by molar-refractivity contribution is 7.91. The Balaban J connectivity index is 1.51. The maximum absolute atomic E-state index is 12.1. The molecule has 10 heteroatoms. The van der Waals surface area contributed by atoms with Crippen LogP contribution in [0.1, 0.15) is 37.5 Å². The van der Waals surface area contributed by atoms with Gasteiger partial charge in [0.25, 0.3) is 0 Å². The Labute approximate surface area is 128 Å². The molecule has 122 valence electrons. The van der Waals surface area contributed by atoms with Crippen LogP contribution in [0.25, 0.3) is 0 Å². The number of sulfone groups is 1. The predicted molar refractivity (Wildman–Crippen MR) is 75.6 cm³/mol. The van der Waals surface area contributed by atoms with Crippen molar-refractivity contribution in [3.8, 4) is 0 Å². The Kier molecular flexibility index (Phi) is 4.39. The number of aromatic nitrogens is 4. The zero-order chi connectivity index (χ0) is 15.6. The number of amides is 1. The van der Waals surface area contributed by atoms with E-state index in [-0.39, 0.29) is 17.9 Å². The third-order valence-electron chi connectivity index (χ3n) is 3.70. The number of tetrazole rings is 1. The molecule has 1 N–H and O–H groups in total. The second-order valence-corrected chi connectivity index (χ2v) is 7.81. The molecule has 0 spiro atoms. The van der Waals surface area contributed by atoms with E-state index in [1.54, 1.807) is 4.68 Å². The van der Waals surface area contributed by atoms with Gasteiger partial charge in [0.2, 0.25) is 5.91 Å². The number of carbonyl (C=O) groups excluding carboxylic acids is 1. The number of carbonyl (C=O) groups is 1. The van der Waals surface area contributed by atoms with Gasteiger partial charge >= 0.3 is 0 Å². The van der Waals surface area contributed by atoms with E-state index >= 15 is 0 Å². The summed E-state index contributed by atoms with van der Waals surface area (Å²) >= 11 is 0. The Hall–Kier alpha value is -1.55. The van der Waals surface area contributed by atoms with Gasteiger partial charge in [0.1, 0.15) is 11.5 Å². The van der Waals surface area contributed by atoms with Gasteiger partial charge in [-0.2, -0.15) is 0 Å². The first-order valence-electron chi connectivity index (χ1n) is 7.39. The molecule has 1 saturated carbocycles. The summed E-state index contributed by atoms with van der Waals surface area (Å²) in [5.74, 6) is -1.09. The minimum Gasteiger partial charge on any atom is -0.376 e. The average molecular weight is 329 g/mol. The topological polar surface area (TPSA) is 116 Å². The van der Waals surface area contributed by atoms with E-state index in [9.17, 15) is 13.2 Å². The van der Waals surface area contributed by atoms with Crippen molar-refractivity contribution >= 4 is 15.7 Å². The number of nitrogens with one attached hydrogen (secondary N) is 1. The quantitative estimate of drug-likeness (QED) is 0.697. The summed E-state index contributed by atoms with van der Waals surface area (Å²) in [5.41, 5.74) is 0. The first kappa shape index (κ1) is 15.3. The summed E-state index contributed by atoms with van der Waals surface area (Å²) in [6, 6.07) is 0.202. The molecule has 2 aliphatic rings. The molecule has 2 fully saturated rings. The lowest BCUT2D eigenvalue weighted by atomic mass is 10.2. The van der Waals surface area contributed by atoms with Gasteiger partial charge in [-0.15, -0.1) is 5.10 Å². The Morgan fingerprint density at radius 3 is 2.86 bits per heavy atom. The molecule has 1 amide bonds. The molecular formula is C12H19N5O4S. The molecule has 1 atom stereocenters. The molecular weight excluding hydrogens is 310 g/mol. The third kappa shape index (κ3) is 4.01. The summed E-state index contributed by atoms with van der Waals surface area (Å²) in [7, 11) is -3.59. The highest BCUT2D eigenvalue weighted by Crippen LogP contribution is 2.34. The number of rotatable bonds is 7. The zero-order valence-electron chi connectivity index (χ0n) is 12.1. The van der Waals surface area contributed by atoms with Crippen LogP contribution >= 0.6 is 0 Å². The molecule has 1 aliphatic carbocycles. The van der Waals surface area contributed by atoms with Crippen molar-refractivity contribution in [2.45, 2.75) is 43.6 Å². The lowest BCUT2D eigenvalue weighted by Gasteiger charge is -2.11. The second-order valence-electron chi connectivity index (χ2n) is 5.74. The van der Waals surface area contributed by atoms with E-state index in [2.05, 4.69) is 20.8 Å². The minimum atomic E-state index is -3.59. The molecule has 3 rings (SSSR count). The number of hydrogen-bond donors (Lipinski definition) is 1. The smallest absolute Gasteiger partial charge is 0.235 e. The van der Waals surface area contributed by atoms with E-state index in [1.165, 1.54) is 0 Å². The van der Waals surface area contributed by atoms with Crippen LogP contribution in [-0.2, 0) is 25.1 Å². The summed E-state index contributed by atoms with van der Waals surface area (Å²) in [6.45, 7) is 1.05. The largest absolute Gasteiger partial charge is 0.376 e. The molecule has 0 radical (unpaired) electrons. The third-order valence-corrected chi connectivity index (χ3v) is 5.10. The van der Waals surface area contributed by atoms with Gasteiger partial charge in [-0.25, -0.2) is 13.1 Å². The van der Waals surface area contributed by atoms with Crippen LogP contribution in [0.3, 0.4) is 0 Å². The Morgan fingerprint density at radius 1 is 1.36 bits per heavy atom. The monoisotopic (exact) mass is 329 g/mol. The fraction of sp³-hybridized carbons (Fsp3) is 0.833. The number of nitrogens with zero attached hydrogens (tertiary/aromatic N) is 4. The van der Waals surface area contributed by atoms with Crippen LogP contribution in [0.15, 0.2) is 0 Å². The standard InChI is InChI=1S/C12H19N5O4S/c18-12(13-6-10-2-1-5-21-10)8-22(19,20)7-11-14-15-16-17(11)9-3-4-9/h9-10H,1-8H2,(H,13,18). The fourth-order valence-corrected chi connectivity index (χ4v) is 3.63. The predicted octanol–water partition coefficient (Wildman–Crippen LogP) is -0.782. The molecule has 1 aromatic heterocycles. The summed E-state index contributed by atoms with van der Waals surface area (Å²) < 4.78 is 31.1. The van der Waals surface area contributed by atoms with E-state index in [4.69, 9.17) is 4.74 Å². The number of hydrogen-bond acceptors (Lipinski definition) is 7. The normalized spacial score (nSPS) is 21.9. The van der Waals surface area contributed by atoms with Crippen molar-refractivity contribution in [1.82, 2.24) is 25.5 Å². The first-order valence-corrected chi connectivity index (χ1v) is 9.21. The molecule has 9 nitrogen and oxygen atoms in total. The summed E-state index contributed by atoms with van der Waals surface area (Å²) in [6.07, 6.45) is 3.78. The molecule has 22 heavy (non-hydrogen) atoms. The van der Waals surface area contributed by atoms with E-state index in [1.807, 2.05) is 0 Å². The lowest BCUT2D eigenvalue weighted by Crippen LogP contribution is -2.36. The Morgan fingerprint density at radius 2 is 2.18 bits per heavy atom. The molecule has 1 unspecified atom stereocenters. The van der Waals surface area contributed by atoms with Crippen LogP contribution in [0.5, 0.6) is 0 Å². The zero-order valence-corrected chi connectivity index (χ0v) is 13.0. The maximum Gasteiger partial charge on any atom is 0.235 e. The van der Waals surface area contributed by atoms with Gasteiger partial charge in [-0.1, -0.05) is 0 Å². The average Bonchev–Trinajstić information content (AvgIpc) is 2.98. The van der Waals surface area contributed by atoms with Gasteiger partial charge in [-0.3, -0.25) is 4.79 Å². The van der Waals surface area contributed by atoms with Crippen LogP contribution in [-0.4, -0.2) is 59.5 Å². The van der Waals surface area contributed by atoms with E-state index in [0.29, 0.717) is 19.0 Å². The van der Waals surface area contributed by atoms with E-state index in [0.717, 1.165) is 25.7 Å².